The van der Waals surface area contributed by atoms with E-state index in [2.05, 4.69) is 4.98 Å². The molecule has 0 atom stereocenters. The molecule has 0 amide bonds. The zero-order valence-corrected chi connectivity index (χ0v) is 9.57. The van der Waals surface area contributed by atoms with Gasteiger partial charge in [-0.05, 0) is 18.5 Å². The van der Waals surface area contributed by atoms with Crippen LogP contribution in [0.25, 0.3) is 0 Å². The molecule has 2 N–H and O–H groups in total. The lowest BCUT2D eigenvalue weighted by Crippen LogP contribution is -2.02. The number of pyridine rings is 1. The molecule has 0 saturated carbocycles. The fourth-order valence-electron chi connectivity index (χ4n) is 1.49. The zero-order chi connectivity index (χ0) is 13.0. The maximum atomic E-state index is 12.9. The molecule has 2 rings (SSSR count). The first-order valence-electron chi connectivity index (χ1n) is 5.46. The SMILES string of the molecule is NCCc1ccc(Oc2cc(F)cc(F)c2)nc1. The van der Waals surface area contributed by atoms with Crippen LogP contribution in [0.1, 0.15) is 5.56 Å². The molecular weight excluding hydrogens is 238 g/mol. The molecule has 0 aliphatic rings. The van der Waals surface area contributed by atoms with Crippen molar-refractivity contribution in [3.8, 4) is 11.6 Å². The Morgan fingerprint density at radius 1 is 1.11 bits per heavy atom. The van der Waals surface area contributed by atoms with Gasteiger partial charge < -0.3 is 10.5 Å². The van der Waals surface area contributed by atoms with Gasteiger partial charge in [-0.2, -0.15) is 0 Å². The van der Waals surface area contributed by atoms with E-state index in [1.54, 1.807) is 12.3 Å². The number of nitrogens with two attached hydrogens (primary N) is 1. The third-order valence-electron chi connectivity index (χ3n) is 2.29. The number of hydrogen-bond acceptors (Lipinski definition) is 3. The Hall–Kier alpha value is -2.01. The number of aromatic nitrogens is 1. The number of nitrogens with zero attached hydrogens (tertiary/aromatic N) is 1. The largest absolute Gasteiger partial charge is 0.439 e. The summed E-state index contributed by atoms with van der Waals surface area (Å²) in [5.74, 6) is -1.03. The third kappa shape index (κ3) is 3.24. The second kappa shape index (κ2) is 5.55. The monoisotopic (exact) mass is 250 g/mol. The third-order valence-corrected chi connectivity index (χ3v) is 2.29. The average Bonchev–Trinajstić information content (AvgIpc) is 2.31. The van der Waals surface area contributed by atoms with Crippen LogP contribution in [-0.2, 0) is 6.42 Å². The van der Waals surface area contributed by atoms with Crippen LogP contribution in [0, 0.1) is 11.6 Å². The van der Waals surface area contributed by atoms with Gasteiger partial charge in [0.1, 0.15) is 17.4 Å². The summed E-state index contributed by atoms with van der Waals surface area (Å²) < 4.78 is 31.1. The van der Waals surface area contributed by atoms with E-state index in [1.807, 2.05) is 6.07 Å². The molecule has 0 aliphatic carbocycles. The Morgan fingerprint density at radius 3 is 2.39 bits per heavy atom. The van der Waals surface area contributed by atoms with E-state index in [-0.39, 0.29) is 11.6 Å². The first kappa shape index (κ1) is 12.4. The van der Waals surface area contributed by atoms with Gasteiger partial charge in [0, 0.05) is 30.5 Å². The highest BCUT2D eigenvalue weighted by atomic mass is 19.1. The van der Waals surface area contributed by atoms with Crippen LogP contribution in [0.2, 0.25) is 0 Å². The van der Waals surface area contributed by atoms with Crippen LogP contribution < -0.4 is 10.5 Å². The summed E-state index contributed by atoms with van der Waals surface area (Å²) in [6.07, 6.45) is 2.35. The Morgan fingerprint density at radius 2 is 1.83 bits per heavy atom. The Bertz CT molecular complexity index is 509. The van der Waals surface area contributed by atoms with Crippen molar-refractivity contribution < 1.29 is 13.5 Å². The molecule has 0 radical (unpaired) electrons. The Balaban J connectivity index is 2.13. The predicted octanol–water partition coefficient (Wildman–Crippen LogP) is 2.65. The minimum atomic E-state index is -0.690. The number of rotatable bonds is 4. The van der Waals surface area contributed by atoms with E-state index in [9.17, 15) is 8.78 Å². The molecule has 18 heavy (non-hydrogen) atoms. The van der Waals surface area contributed by atoms with Crippen molar-refractivity contribution in [1.29, 1.82) is 0 Å². The van der Waals surface area contributed by atoms with Crippen LogP contribution in [-0.4, -0.2) is 11.5 Å². The molecule has 1 heterocycles. The van der Waals surface area contributed by atoms with Gasteiger partial charge in [-0.15, -0.1) is 0 Å². The van der Waals surface area contributed by atoms with Crippen molar-refractivity contribution in [1.82, 2.24) is 4.98 Å². The summed E-state index contributed by atoms with van der Waals surface area (Å²) in [6.45, 7) is 0.539. The second-order valence-corrected chi connectivity index (χ2v) is 3.75. The molecular formula is C13H12F2N2O. The standard InChI is InChI=1S/C13H12F2N2O/c14-10-5-11(15)7-12(6-10)18-13-2-1-9(3-4-16)8-17-13/h1-2,5-8H,3-4,16H2. The van der Waals surface area contributed by atoms with Gasteiger partial charge in [-0.25, -0.2) is 13.8 Å². The molecule has 94 valence electrons. The quantitative estimate of drug-likeness (QED) is 0.907. The van der Waals surface area contributed by atoms with E-state index >= 15 is 0 Å². The number of ether oxygens (including phenoxy) is 1. The fraction of sp³-hybridized carbons (Fsp3) is 0.154. The highest BCUT2D eigenvalue weighted by Gasteiger charge is 2.04. The van der Waals surface area contributed by atoms with Gasteiger partial charge in [-0.1, -0.05) is 6.07 Å². The molecule has 0 spiro atoms. The van der Waals surface area contributed by atoms with Crippen molar-refractivity contribution >= 4 is 0 Å². The zero-order valence-electron chi connectivity index (χ0n) is 9.57. The molecule has 0 saturated heterocycles. The van der Waals surface area contributed by atoms with Crippen LogP contribution in [0.5, 0.6) is 11.6 Å². The van der Waals surface area contributed by atoms with Gasteiger partial charge in [0.15, 0.2) is 0 Å². The van der Waals surface area contributed by atoms with Gasteiger partial charge in [-0.3, -0.25) is 0 Å². The first-order valence-corrected chi connectivity index (χ1v) is 5.46. The topological polar surface area (TPSA) is 48.1 Å². The highest BCUT2D eigenvalue weighted by Crippen LogP contribution is 2.21. The second-order valence-electron chi connectivity index (χ2n) is 3.75. The van der Waals surface area contributed by atoms with E-state index in [0.717, 1.165) is 30.2 Å². The summed E-state index contributed by atoms with van der Waals surface area (Å²) in [6, 6.07) is 6.42. The van der Waals surface area contributed by atoms with Gasteiger partial charge in [0.05, 0.1) is 0 Å². The Kier molecular flexibility index (Phi) is 3.84. The summed E-state index contributed by atoms with van der Waals surface area (Å²) >= 11 is 0. The number of benzene rings is 1. The van der Waals surface area contributed by atoms with Crippen molar-refractivity contribution in [3.63, 3.8) is 0 Å². The normalized spacial score (nSPS) is 10.4. The summed E-state index contributed by atoms with van der Waals surface area (Å²) in [5.41, 5.74) is 6.39. The van der Waals surface area contributed by atoms with Crippen LogP contribution in [0.3, 0.4) is 0 Å². The van der Waals surface area contributed by atoms with Crippen molar-refractivity contribution in [2.24, 2.45) is 5.73 Å². The van der Waals surface area contributed by atoms with E-state index in [4.69, 9.17) is 10.5 Å². The molecule has 0 bridgehead atoms. The van der Waals surface area contributed by atoms with E-state index in [1.165, 1.54) is 0 Å². The van der Waals surface area contributed by atoms with E-state index < -0.39 is 11.6 Å². The molecule has 1 aromatic heterocycles. The summed E-state index contributed by atoms with van der Waals surface area (Å²) in [4.78, 5) is 4.03. The summed E-state index contributed by atoms with van der Waals surface area (Å²) in [7, 11) is 0. The van der Waals surface area contributed by atoms with Gasteiger partial charge >= 0.3 is 0 Å². The van der Waals surface area contributed by atoms with Crippen LogP contribution >= 0.6 is 0 Å². The summed E-state index contributed by atoms with van der Waals surface area (Å²) in [5, 5.41) is 0. The Labute approximate surface area is 103 Å². The van der Waals surface area contributed by atoms with Crippen molar-refractivity contribution in [2.75, 3.05) is 6.54 Å². The lowest BCUT2D eigenvalue weighted by Gasteiger charge is -2.05. The fourth-order valence-corrected chi connectivity index (χ4v) is 1.49. The molecule has 2 aromatic rings. The minimum absolute atomic E-state index is 0.0755. The van der Waals surface area contributed by atoms with Gasteiger partial charge in [0.25, 0.3) is 0 Å². The average molecular weight is 250 g/mol. The van der Waals surface area contributed by atoms with Crippen LogP contribution in [0.4, 0.5) is 8.78 Å². The predicted molar refractivity (Wildman–Crippen MR) is 63.4 cm³/mol. The molecule has 5 heteroatoms. The van der Waals surface area contributed by atoms with E-state index in [0.29, 0.717) is 6.54 Å². The van der Waals surface area contributed by atoms with Crippen LogP contribution in [0.15, 0.2) is 36.5 Å². The molecule has 1 aromatic carbocycles. The smallest absolute Gasteiger partial charge is 0.219 e. The molecule has 0 aliphatic heterocycles. The first-order chi connectivity index (χ1) is 8.67. The van der Waals surface area contributed by atoms with Crippen molar-refractivity contribution in [2.45, 2.75) is 6.42 Å². The van der Waals surface area contributed by atoms with Gasteiger partial charge in [0.2, 0.25) is 5.88 Å². The maximum Gasteiger partial charge on any atom is 0.219 e. The number of hydrogen-bond donors (Lipinski definition) is 1. The lowest BCUT2D eigenvalue weighted by molar-refractivity contribution is 0.451. The highest BCUT2D eigenvalue weighted by molar-refractivity contribution is 5.29. The maximum absolute atomic E-state index is 12.9. The molecule has 0 fully saturated rings. The molecule has 3 nitrogen and oxygen atoms in total. The lowest BCUT2D eigenvalue weighted by atomic mass is 10.2. The number of halogens is 2. The molecule has 0 unspecified atom stereocenters. The van der Waals surface area contributed by atoms with Crippen molar-refractivity contribution in [3.05, 3.63) is 53.7 Å². The minimum Gasteiger partial charge on any atom is -0.439 e.